The van der Waals surface area contributed by atoms with Crippen LogP contribution in [0.15, 0.2) is 12.1 Å². The van der Waals surface area contributed by atoms with Gasteiger partial charge in [0, 0.05) is 12.2 Å². The van der Waals surface area contributed by atoms with Crippen molar-refractivity contribution in [3.63, 3.8) is 0 Å². The quantitative estimate of drug-likeness (QED) is 0.746. The topological polar surface area (TPSA) is 58.3 Å². The molecule has 2 rings (SSSR count). The van der Waals surface area contributed by atoms with Gasteiger partial charge in [-0.25, -0.2) is 8.78 Å². The maximum atomic E-state index is 13.6. The average molecular weight is 284 g/mol. The monoisotopic (exact) mass is 284 g/mol. The summed E-state index contributed by atoms with van der Waals surface area (Å²) in [7, 11) is 0. The van der Waals surface area contributed by atoms with Crippen LogP contribution in [0.3, 0.4) is 0 Å². The van der Waals surface area contributed by atoms with E-state index in [1.807, 2.05) is 0 Å². The molecule has 0 atom stereocenters. The lowest BCUT2D eigenvalue weighted by molar-refractivity contribution is -0.0146. The Hall–Kier alpha value is -1.36. The number of nitrogens with one attached hydrogen (secondary N) is 1. The van der Waals surface area contributed by atoms with Gasteiger partial charge >= 0.3 is 0 Å². The van der Waals surface area contributed by atoms with Crippen molar-refractivity contribution < 1.29 is 13.9 Å². The molecule has 0 heterocycles. The van der Waals surface area contributed by atoms with E-state index in [1.54, 1.807) is 0 Å². The molecule has 112 valence electrons. The number of hydrogen-bond acceptors (Lipinski definition) is 3. The molecule has 0 unspecified atom stereocenters. The number of nitrogens with two attached hydrogens (primary N) is 1. The second-order valence-corrected chi connectivity index (χ2v) is 6.60. The van der Waals surface area contributed by atoms with Crippen molar-refractivity contribution in [2.24, 2.45) is 5.41 Å². The second-order valence-electron chi connectivity index (χ2n) is 6.60. The molecule has 1 aliphatic rings. The summed E-state index contributed by atoms with van der Waals surface area (Å²) in [6.45, 7) is 4.47. The van der Waals surface area contributed by atoms with Gasteiger partial charge in [-0.1, -0.05) is 13.8 Å². The van der Waals surface area contributed by atoms with Crippen LogP contribution in [0.4, 0.5) is 20.2 Å². The zero-order chi connectivity index (χ0) is 15.0. The van der Waals surface area contributed by atoms with Crippen LogP contribution in [0, 0.1) is 17.0 Å². The third kappa shape index (κ3) is 3.39. The number of nitrogen functional groups attached to an aromatic ring is 1. The maximum absolute atomic E-state index is 13.6. The van der Waals surface area contributed by atoms with Crippen molar-refractivity contribution >= 4 is 11.4 Å². The summed E-state index contributed by atoms with van der Waals surface area (Å²) in [4.78, 5) is 0. The van der Waals surface area contributed by atoms with Crippen molar-refractivity contribution in [1.29, 1.82) is 0 Å². The van der Waals surface area contributed by atoms with E-state index in [1.165, 1.54) is 0 Å². The molecule has 1 aliphatic carbocycles. The van der Waals surface area contributed by atoms with E-state index in [2.05, 4.69) is 19.2 Å². The minimum Gasteiger partial charge on any atom is -0.399 e. The Morgan fingerprint density at radius 2 is 1.65 bits per heavy atom. The van der Waals surface area contributed by atoms with Crippen LogP contribution in [0.2, 0.25) is 0 Å². The van der Waals surface area contributed by atoms with Gasteiger partial charge in [0.2, 0.25) is 0 Å². The van der Waals surface area contributed by atoms with Crippen LogP contribution < -0.4 is 11.1 Å². The van der Waals surface area contributed by atoms with Gasteiger partial charge in [-0.15, -0.1) is 0 Å². The summed E-state index contributed by atoms with van der Waals surface area (Å²) in [5, 5.41) is 13.2. The van der Waals surface area contributed by atoms with Crippen LogP contribution in [0.25, 0.3) is 0 Å². The van der Waals surface area contributed by atoms with Crippen molar-refractivity contribution in [2.45, 2.75) is 45.1 Å². The van der Waals surface area contributed by atoms with Crippen LogP contribution in [-0.4, -0.2) is 17.3 Å². The van der Waals surface area contributed by atoms with E-state index < -0.39 is 17.2 Å². The van der Waals surface area contributed by atoms with Gasteiger partial charge in [0.15, 0.2) is 11.6 Å². The molecule has 0 aromatic heterocycles. The molecular weight excluding hydrogens is 262 g/mol. The summed E-state index contributed by atoms with van der Waals surface area (Å²) in [5.74, 6) is -1.47. The molecule has 20 heavy (non-hydrogen) atoms. The van der Waals surface area contributed by atoms with Crippen LogP contribution in [0.5, 0.6) is 0 Å². The molecule has 0 radical (unpaired) electrons. The highest BCUT2D eigenvalue weighted by molar-refractivity contribution is 5.54. The van der Waals surface area contributed by atoms with Crippen molar-refractivity contribution in [3.05, 3.63) is 23.8 Å². The zero-order valence-corrected chi connectivity index (χ0v) is 12.0. The first-order valence-electron chi connectivity index (χ1n) is 6.92. The Kier molecular flexibility index (Phi) is 3.91. The zero-order valence-electron chi connectivity index (χ0n) is 12.0. The highest BCUT2D eigenvalue weighted by atomic mass is 19.1. The lowest BCUT2D eigenvalue weighted by atomic mass is 9.71. The molecule has 0 spiro atoms. The fourth-order valence-corrected chi connectivity index (χ4v) is 2.58. The van der Waals surface area contributed by atoms with E-state index in [0.29, 0.717) is 12.8 Å². The molecular formula is C15H22F2N2O. The third-order valence-corrected chi connectivity index (χ3v) is 4.19. The Balaban J connectivity index is 2.02. The first-order chi connectivity index (χ1) is 9.21. The number of hydrogen-bond donors (Lipinski definition) is 3. The highest BCUT2D eigenvalue weighted by Crippen LogP contribution is 2.40. The molecule has 0 bridgehead atoms. The molecule has 3 nitrogen and oxygen atoms in total. The van der Waals surface area contributed by atoms with Gasteiger partial charge in [0.05, 0.1) is 5.60 Å². The van der Waals surface area contributed by atoms with E-state index in [4.69, 9.17) is 5.73 Å². The predicted molar refractivity (Wildman–Crippen MR) is 76.5 cm³/mol. The molecule has 5 heteroatoms. The lowest BCUT2D eigenvalue weighted by Crippen LogP contribution is -2.42. The van der Waals surface area contributed by atoms with E-state index in [-0.39, 0.29) is 23.3 Å². The van der Waals surface area contributed by atoms with Gasteiger partial charge in [-0.3, -0.25) is 0 Å². The third-order valence-electron chi connectivity index (χ3n) is 4.19. The predicted octanol–water partition coefficient (Wildman–Crippen LogP) is 3.29. The van der Waals surface area contributed by atoms with Gasteiger partial charge in [0.1, 0.15) is 5.69 Å². The summed E-state index contributed by atoms with van der Waals surface area (Å²) in [5.41, 5.74) is 4.51. The Morgan fingerprint density at radius 3 is 2.15 bits per heavy atom. The van der Waals surface area contributed by atoms with Crippen molar-refractivity contribution in [3.8, 4) is 0 Å². The molecule has 1 aromatic rings. The summed E-state index contributed by atoms with van der Waals surface area (Å²) in [6, 6.07) is 2.14. The van der Waals surface area contributed by atoms with Gasteiger partial charge < -0.3 is 16.2 Å². The van der Waals surface area contributed by atoms with Gasteiger partial charge in [-0.05, 0) is 43.2 Å². The Labute approximate surface area is 118 Å². The number of anilines is 2. The molecule has 0 amide bonds. The summed E-state index contributed by atoms with van der Waals surface area (Å²) < 4.78 is 27.3. The second kappa shape index (κ2) is 5.20. The molecule has 1 fully saturated rings. The minimum absolute atomic E-state index is 0.0451. The molecule has 1 saturated carbocycles. The fraction of sp³-hybridized carbons (Fsp3) is 0.600. The van der Waals surface area contributed by atoms with Crippen molar-refractivity contribution in [2.75, 3.05) is 17.6 Å². The van der Waals surface area contributed by atoms with E-state index >= 15 is 0 Å². The SMILES string of the molecule is CC1(C)CCC(O)(CNc2c(F)cc(N)cc2F)CC1. The minimum atomic E-state index is -0.907. The molecule has 4 N–H and O–H groups in total. The number of rotatable bonds is 3. The molecule has 0 aliphatic heterocycles. The lowest BCUT2D eigenvalue weighted by Gasteiger charge is -2.40. The van der Waals surface area contributed by atoms with Crippen LogP contribution in [0.1, 0.15) is 39.5 Å². The number of aliphatic hydroxyl groups is 1. The summed E-state index contributed by atoms with van der Waals surface area (Å²) >= 11 is 0. The largest absolute Gasteiger partial charge is 0.399 e. The van der Waals surface area contributed by atoms with Crippen LogP contribution in [-0.2, 0) is 0 Å². The Morgan fingerprint density at radius 1 is 1.15 bits per heavy atom. The Bertz CT molecular complexity index is 470. The summed E-state index contributed by atoms with van der Waals surface area (Å²) in [6.07, 6.45) is 3.06. The smallest absolute Gasteiger partial charge is 0.151 e. The number of halogens is 2. The normalized spacial score (nSPS) is 20.6. The maximum Gasteiger partial charge on any atom is 0.151 e. The van der Waals surface area contributed by atoms with E-state index in [9.17, 15) is 13.9 Å². The van der Waals surface area contributed by atoms with Crippen LogP contribution >= 0.6 is 0 Å². The van der Waals surface area contributed by atoms with Crippen molar-refractivity contribution in [1.82, 2.24) is 0 Å². The number of benzene rings is 1. The molecule has 0 saturated heterocycles. The highest BCUT2D eigenvalue weighted by Gasteiger charge is 2.36. The molecule has 1 aromatic carbocycles. The standard InChI is InChI=1S/C15H22F2N2O/c1-14(2)3-5-15(20,6-4-14)9-19-13-11(16)7-10(18)8-12(13)17/h7-8,19-20H,3-6,9,18H2,1-2H3. The van der Waals surface area contributed by atoms with E-state index in [0.717, 1.165) is 25.0 Å². The van der Waals surface area contributed by atoms with Gasteiger partial charge in [0.25, 0.3) is 0 Å². The fourth-order valence-electron chi connectivity index (χ4n) is 2.58. The van der Waals surface area contributed by atoms with Gasteiger partial charge in [-0.2, -0.15) is 0 Å². The average Bonchev–Trinajstić information content (AvgIpc) is 2.32. The first kappa shape index (κ1) is 15.0. The first-order valence-corrected chi connectivity index (χ1v) is 6.92.